The predicted molar refractivity (Wildman–Crippen MR) is 101 cm³/mol. The zero-order valence-electron chi connectivity index (χ0n) is 14.4. The molecule has 0 aromatic carbocycles. The first-order valence-corrected chi connectivity index (χ1v) is 10.3. The van der Waals surface area contributed by atoms with E-state index in [1.807, 2.05) is 0 Å². The van der Waals surface area contributed by atoms with Crippen LogP contribution in [0, 0.1) is 10.8 Å². The van der Waals surface area contributed by atoms with Crippen LogP contribution in [0.15, 0.2) is 0 Å². The van der Waals surface area contributed by atoms with Crippen LogP contribution in [-0.2, 0) is 0 Å². The van der Waals surface area contributed by atoms with Crippen molar-refractivity contribution < 1.29 is 0 Å². The van der Waals surface area contributed by atoms with E-state index in [1.54, 1.807) is 0 Å². The van der Waals surface area contributed by atoms with Gasteiger partial charge in [0.1, 0.15) is 0 Å². The van der Waals surface area contributed by atoms with Crippen molar-refractivity contribution in [3.8, 4) is 0 Å². The highest BCUT2D eigenvalue weighted by molar-refractivity contribution is 9.24. The fraction of sp³-hybridized carbons (Fsp3) is 1.00. The Hall–Kier alpha value is 0.960. The van der Waals surface area contributed by atoms with Gasteiger partial charge in [-0.15, -0.1) is 0 Å². The van der Waals surface area contributed by atoms with Crippen molar-refractivity contribution in [1.29, 1.82) is 0 Å². The SMILES string of the molecule is CC(C)(C)CCCCCCCCCCC(C)(C)C(Br)Br. The first-order valence-electron chi connectivity index (χ1n) is 8.43. The number of alkyl halides is 2. The monoisotopic (exact) mass is 410 g/mol. The van der Waals surface area contributed by atoms with Gasteiger partial charge in [-0.1, -0.05) is 118 Å². The highest BCUT2D eigenvalue weighted by atomic mass is 79.9. The summed E-state index contributed by atoms with van der Waals surface area (Å²) in [6.07, 6.45) is 14.0. The summed E-state index contributed by atoms with van der Waals surface area (Å²) in [5.74, 6) is 0. The van der Waals surface area contributed by atoms with Crippen LogP contribution in [0.2, 0.25) is 0 Å². The quantitative estimate of drug-likeness (QED) is 0.238. The van der Waals surface area contributed by atoms with E-state index in [0.717, 1.165) is 0 Å². The molecule has 0 aliphatic carbocycles. The number of hydrogen-bond donors (Lipinski definition) is 0. The van der Waals surface area contributed by atoms with Gasteiger partial charge in [-0.25, -0.2) is 0 Å². The first kappa shape index (κ1) is 21.0. The lowest BCUT2D eigenvalue weighted by atomic mass is 9.88. The maximum absolute atomic E-state index is 3.64. The Bertz CT molecular complexity index is 226. The maximum atomic E-state index is 3.64. The van der Waals surface area contributed by atoms with Crippen molar-refractivity contribution in [3.63, 3.8) is 0 Å². The molecule has 2 heteroatoms. The predicted octanol–water partition coefficient (Wildman–Crippen LogP) is 8.08. The van der Waals surface area contributed by atoms with E-state index in [-0.39, 0.29) is 0 Å². The summed E-state index contributed by atoms with van der Waals surface area (Å²) in [4.78, 5) is 0. The van der Waals surface area contributed by atoms with Crippen LogP contribution >= 0.6 is 31.9 Å². The van der Waals surface area contributed by atoms with Crippen LogP contribution < -0.4 is 0 Å². The second-order valence-electron chi connectivity index (χ2n) is 8.18. The molecule has 0 aromatic rings. The molecule has 0 N–H and O–H groups in total. The molecule has 20 heavy (non-hydrogen) atoms. The summed E-state index contributed by atoms with van der Waals surface area (Å²) < 4.78 is 0.435. The Balaban J connectivity index is 3.30. The Labute approximate surface area is 145 Å². The lowest BCUT2D eigenvalue weighted by Gasteiger charge is -2.26. The smallest absolute Gasteiger partial charge is 0.0748 e. The van der Waals surface area contributed by atoms with Gasteiger partial charge in [0.2, 0.25) is 0 Å². The average Bonchev–Trinajstić information content (AvgIpc) is 2.29. The van der Waals surface area contributed by atoms with Crippen LogP contribution in [0.1, 0.15) is 98.8 Å². The molecule has 0 heterocycles. The zero-order valence-corrected chi connectivity index (χ0v) is 17.6. The molecule has 0 unspecified atom stereocenters. The maximum Gasteiger partial charge on any atom is 0.0748 e. The molecule has 122 valence electrons. The third kappa shape index (κ3) is 12.7. The molecule has 0 bridgehead atoms. The summed E-state index contributed by atoms with van der Waals surface area (Å²) in [5.41, 5.74) is 0.891. The minimum absolute atomic E-state index is 0.368. The van der Waals surface area contributed by atoms with E-state index in [9.17, 15) is 0 Å². The van der Waals surface area contributed by atoms with E-state index in [2.05, 4.69) is 66.5 Å². The molecule has 0 rings (SSSR count). The summed E-state index contributed by atoms with van der Waals surface area (Å²) in [6.45, 7) is 11.7. The third-order valence-corrected chi connectivity index (χ3v) is 6.57. The van der Waals surface area contributed by atoms with Crippen LogP contribution in [0.5, 0.6) is 0 Å². The molecule has 0 spiro atoms. The van der Waals surface area contributed by atoms with Crippen molar-refractivity contribution >= 4 is 31.9 Å². The lowest BCUT2D eigenvalue weighted by molar-refractivity contribution is 0.351. The molecular formula is C18H36Br2. The van der Waals surface area contributed by atoms with E-state index >= 15 is 0 Å². The number of rotatable bonds is 11. The van der Waals surface area contributed by atoms with Gasteiger partial charge in [-0.05, 0) is 23.7 Å². The third-order valence-electron chi connectivity index (χ3n) is 4.09. The van der Waals surface area contributed by atoms with Crippen molar-refractivity contribution in [2.24, 2.45) is 10.8 Å². The van der Waals surface area contributed by atoms with E-state index in [1.165, 1.54) is 64.2 Å². The van der Waals surface area contributed by atoms with E-state index < -0.39 is 0 Å². The first-order chi connectivity index (χ1) is 9.15. The molecule has 0 saturated heterocycles. The standard InChI is InChI=1S/C18H36Br2/c1-17(2,3)14-12-10-8-6-7-9-11-13-15-18(4,5)16(19)20/h16H,6-15H2,1-5H3. The number of halogens is 2. The molecule has 0 aliphatic rings. The Kier molecular flexibility index (Phi) is 11.2. The number of unbranched alkanes of at least 4 members (excludes halogenated alkanes) is 7. The molecule has 0 nitrogen and oxygen atoms in total. The van der Waals surface area contributed by atoms with Crippen LogP contribution in [-0.4, -0.2) is 3.74 Å². The van der Waals surface area contributed by atoms with Gasteiger partial charge in [0, 0.05) is 0 Å². The molecule has 0 radical (unpaired) electrons. The van der Waals surface area contributed by atoms with Crippen molar-refractivity contribution in [1.82, 2.24) is 0 Å². The molecule has 0 atom stereocenters. The van der Waals surface area contributed by atoms with Gasteiger partial charge < -0.3 is 0 Å². The zero-order chi connectivity index (χ0) is 15.6. The van der Waals surface area contributed by atoms with Crippen molar-refractivity contribution in [3.05, 3.63) is 0 Å². The van der Waals surface area contributed by atoms with E-state index in [4.69, 9.17) is 0 Å². The highest BCUT2D eigenvalue weighted by Gasteiger charge is 2.24. The minimum atomic E-state index is 0.368. The fourth-order valence-electron chi connectivity index (χ4n) is 2.41. The summed E-state index contributed by atoms with van der Waals surface area (Å²) in [7, 11) is 0. The van der Waals surface area contributed by atoms with Gasteiger partial charge >= 0.3 is 0 Å². The van der Waals surface area contributed by atoms with Gasteiger partial charge in [0.15, 0.2) is 0 Å². The molecule has 0 amide bonds. The van der Waals surface area contributed by atoms with Crippen LogP contribution in [0.3, 0.4) is 0 Å². The topological polar surface area (TPSA) is 0 Å². The largest absolute Gasteiger partial charge is 0.0759 e. The van der Waals surface area contributed by atoms with Crippen LogP contribution in [0.4, 0.5) is 0 Å². The van der Waals surface area contributed by atoms with Crippen molar-refractivity contribution in [2.45, 2.75) is 103 Å². The fourth-order valence-corrected chi connectivity index (χ4v) is 2.86. The molecule has 0 saturated carbocycles. The molecule has 0 aromatic heterocycles. The lowest BCUT2D eigenvalue weighted by Crippen LogP contribution is -2.18. The Morgan fingerprint density at radius 3 is 1.30 bits per heavy atom. The minimum Gasteiger partial charge on any atom is -0.0759 e. The Morgan fingerprint density at radius 1 is 0.600 bits per heavy atom. The van der Waals surface area contributed by atoms with Gasteiger partial charge in [0.25, 0.3) is 0 Å². The van der Waals surface area contributed by atoms with E-state index in [0.29, 0.717) is 14.6 Å². The normalized spacial score (nSPS) is 13.2. The molecule has 0 fully saturated rings. The van der Waals surface area contributed by atoms with Gasteiger partial charge in [-0.2, -0.15) is 0 Å². The van der Waals surface area contributed by atoms with Gasteiger partial charge in [0.05, 0.1) is 3.74 Å². The number of hydrogen-bond acceptors (Lipinski definition) is 0. The summed E-state index contributed by atoms with van der Waals surface area (Å²) in [5, 5.41) is 0. The molecular weight excluding hydrogens is 376 g/mol. The van der Waals surface area contributed by atoms with Crippen LogP contribution in [0.25, 0.3) is 0 Å². The average molecular weight is 412 g/mol. The summed E-state index contributed by atoms with van der Waals surface area (Å²) >= 11 is 7.29. The molecule has 0 aliphatic heterocycles. The highest BCUT2D eigenvalue weighted by Crippen LogP contribution is 2.36. The van der Waals surface area contributed by atoms with Crippen molar-refractivity contribution in [2.75, 3.05) is 0 Å². The second-order valence-corrected chi connectivity index (χ2v) is 11.2. The Morgan fingerprint density at radius 2 is 0.950 bits per heavy atom. The summed E-state index contributed by atoms with van der Waals surface area (Å²) in [6, 6.07) is 0. The second kappa shape index (κ2) is 10.6. The van der Waals surface area contributed by atoms with Gasteiger partial charge in [-0.3, -0.25) is 0 Å².